The Bertz CT molecular complexity index is 1570. The second kappa shape index (κ2) is 14.0. The number of hydrazone groups is 1. The maximum absolute atomic E-state index is 12.6. The Kier molecular flexibility index (Phi) is 10.0. The lowest BCUT2D eigenvalue weighted by atomic mass is 10.1. The van der Waals surface area contributed by atoms with E-state index in [9.17, 15) is 9.59 Å². The molecule has 0 aliphatic carbocycles. The van der Waals surface area contributed by atoms with Gasteiger partial charge in [-0.2, -0.15) is 5.10 Å². The predicted octanol–water partition coefficient (Wildman–Crippen LogP) is 4.14. The summed E-state index contributed by atoms with van der Waals surface area (Å²) in [4.78, 5) is 23.9. The van der Waals surface area contributed by atoms with Gasteiger partial charge in [0, 0.05) is 18.2 Å². The molecule has 0 aliphatic rings. The normalized spacial score (nSPS) is 10.8. The summed E-state index contributed by atoms with van der Waals surface area (Å²) < 4.78 is 28.7. The number of nitrogens with zero attached hydrogens (tertiary/aromatic N) is 4. The second-order valence-electron chi connectivity index (χ2n) is 8.48. The number of nitrogens with one attached hydrogen (secondary N) is 1. The molecule has 1 amide bonds. The van der Waals surface area contributed by atoms with E-state index in [4.69, 9.17) is 23.7 Å². The van der Waals surface area contributed by atoms with Crippen LogP contribution in [0.2, 0.25) is 0 Å². The first-order valence-electron chi connectivity index (χ1n) is 12.5. The summed E-state index contributed by atoms with van der Waals surface area (Å²) in [5.74, 6) is 1.78. The monoisotopic (exact) mass is 591 g/mol. The number of hydrogen-bond acceptors (Lipinski definition) is 11. The maximum Gasteiger partial charge on any atom is 0.308 e. The highest BCUT2D eigenvalue weighted by atomic mass is 32.2. The Hall–Kier alpha value is -5.04. The molecule has 0 aliphatic heterocycles. The summed E-state index contributed by atoms with van der Waals surface area (Å²) >= 11 is 1.20. The summed E-state index contributed by atoms with van der Waals surface area (Å²) in [5, 5.41) is 13.3. The van der Waals surface area contributed by atoms with Crippen molar-refractivity contribution < 1.29 is 33.3 Å². The fraction of sp³-hybridized carbons (Fsp3) is 0.207. The fourth-order valence-electron chi connectivity index (χ4n) is 3.92. The largest absolute Gasteiger partial charge is 0.493 e. The Morgan fingerprint density at radius 3 is 2.19 bits per heavy atom. The number of para-hydroxylation sites is 1. The van der Waals surface area contributed by atoms with E-state index in [1.165, 1.54) is 39.1 Å². The Balaban J connectivity index is 1.53. The minimum Gasteiger partial charge on any atom is -0.493 e. The van der Waals surface area contributed by atoms with E-state index in [-0.39, 0.29) is 17.4 Å². The molecule has 0 saturated heterocycles. The van der Waals surface area contributed by atoms with Crippen LogP contribution >= 0.6 is 11.8 Å². The summed E-state index contributed by atoms with van der Waals surface area (Å²) in [7, 11) is 6.08. The summed E-state index contributed by atoms with van der Waals surface area (Å²) in [6, 6.07) is 18.0. The molecule has 218 valence electrons. The average Bonchev–Trinajstić information content (AvgIpc) is 3.44. The van der Waals surface area contributed by atoms with Gasteiger partial charge < -0.3 is 23.7 Å². The smallest absolute Gasteiger partial charge is 0.308 e. The minimum absolute atomic E-state index is 0.0201. The zero-order chi connectivity index (χ0) is 30.1. The fourth-order valence-corrected chi connectivity index (χ4v) is 4.66. The number of benzene rings is 3. The number of hydrogen-bond donors (Lipinski definition) is 1. The third-order valence-corrected chi connectivity index (χ3v) is 6.68. The lowest BCUT2D eigenvalue weighted by Gasteiger charge is -2.15. The van der Waals surface area contributed by atoms with Crippen LogP contribution < -0.4 is 29.1 Å². The highest BCUT2D eigenvalue weighted by Gasteiger charge is 2.21. The van der Waals surface area contributed by atoms with Gasteiger partial charge in [0.15, 0.2) is 34.0 Å². The number of esters is 1. The van der Waals surface area contributed by atoms with Crippen LogP contribution in [0.5, 0.6) is 28.7 Å². The van der Waals surface area contributed by atoms with E-state index in [0.717, 1.165) is 5.69 Å². The van der Waals surface area contributed by atoms with E-state index < -0.39 is 5.97 Å². The third kappa shape index (κ3) is 6.99. The molecule has 1 aromatic heterocycles. The van der Waals surface area contributed by atoms with Gasteiger partial charge in [-0.25, -0.2) is 5.43 Å². The molecular formula is C29H29N5O7S. The van der Waals surface area contributed by atoms with Crippen LogP contribution in [0.4, 0.5) is 0 Å². The van der Waals surface area contributed by atoms with Crippen LogP contribution in [0.15, 0.2) is 70.9 Å². The molecule has 0 atom stereocenters. The van der Waals surface area contributed by atoms with Crippen LogP contribution in [0.25, 0.3) is 17.1 Å². The molecule has 13 heteroatoms. The average molecular weight is 592 g/mol. The minimum atomic E-state index is -0.460. The number of methoxy groups -OCH3 is 4. The van der Waals surface area contributed by atoms with E-state index in [2.05, 4.69) is 20.7 Å². The van der Waals surface area contributed by atoms with Crippen molar-refractivity contribution in [2.75, 3.05) is 34.2 Å². The van der Waals surface area contributed by atoms with Gasteiger partial charge in [0.1, 0.15) is 0 Å². The number of amides is 1. The molecule has 12 nitrogen and oxygen atoms in total. The van der Waals surface area contributed by atoms with E-state index in [1.807, 2.05) is 34.9 Å². The van der Waals surface area contributed by atoms with Crippen molar-refractivity contribution in [3.8, 4) is 45.8 Å². The highest BCUT2D eigenvalue weighted by molar-refractivity contribution is 7.99. The number of carbonyl (C=O) groups excluding carboxylic acids is 2. The number of ether oxygens (including phenoxy) is 5. The zero-order valence-corrected chi connectivity index (χ0v) is 24.4. The molecular weight excluding hydrogens is 562 g/mol. The van der Waals surface area contributed by atoms with Crippen molar-refractivity contribution in [2.45, 2.75) is 12.1 Å². The molecule has 0 spiro atoms. The quantitative estimate of drug-likeness (QED) is 0.0842. The first kappa shape index (κ1) is 29.9. The van der Waals surface area contributed by atoms with Crippen molar-refractivity contribution in [3.63, 3.8) is 0 Å². The molecule has 0 unspecified atom stereocenters. The number of aromatic nitrogens is 3. The lowest BCUT2D eigenvalue weighted by molar-refractivity contribution is -0.132. The molecule has 1 N–H and O–H groups in total. The highest BCUT2D eigenvalue weighted by Crippen LogP contribution is 2.41. The second-order valence-corrected chi connectivity index (χ2v) is 9.42. The molecule has 1 heterocycles. The van der Waals surface area contributed by atoms with Gasteiger partial charge in [0.05, 0.1) is 40.4 Å². The van der Waals surface area contributed by atoms with Gasteiger partial charge in [0.2, 0.25) is 5.75 Å². The van der Waals surface area contributed by atoms with Crippen LogP contribution in [-0.2, 0) is 9.59 Å². The van der Waals surface area contributed by atoms with Gasteiger partial charge in [-0.15, -0.1) is 10.2 Å². The van der Waals surface area contributed by atoms with Crippen LogP contribution in [-0.4, -0.2) is 67.0 Å². The molecule has 4 rings (SSSR count). The number of rotatable bonds is 12. The molecule has 0 fully saturated rings. The van der Waals surface area contributed by atoms with Crippen LogP contribution in [0, 0.1) is 0 Å². The van der Waals surface area contributed by atoms with E-state index >= 15 is 0 Å². The van der Waals surface area contributed by atoms with Gasteiger partial charge in [-0.05, 0) is 48.0 Å². The van der Waals surface area contributed by atoms with Crippen molar-refractivity contribution in [1.82, 2.24) is 20.2 Å². The molecule has 4 aromatic rings. The van der Waals surface area contributed by atoms with Crippen molar-refractivity contribution in [2.24, 2.45) is 5.10 Å². The van der Waals surface area contributed by atoms with Crippen molar-refractivity contribution >= 4 is 29.9 Å². The number of carbonyl (C=O) groups is 2. The van der Waals surface area contributed by atoms with Gasteiger partial charge in [-0.3, -0.25) is 14.2 Å². The summed E-state index contributed by atoms with van der Waals surface area (Å²) in [5.41, 5.74) is 4.62. The van der Waals surface area contributed by atoms with Gasteiger partial charge >= 0.3 is 5.97 Å². The van der Waals surface area contributed by atoms with Crippen LogP contribution in [0.3, 0.4) is 0 Å². The molecule has 0 bridgehead atoms. The van der Waals surface area contributed by atoms with Gasteiger partial charge in [0.25, 0.3) is 5.91 Å². The van der Waals surface area contributed by atoms with E-state index in [0.29, 0.717) is 45.1 Å². The Morgan fingerprint density at radius 1 is 0.881 bits per heavy atom. The maximum atomic E-state index is 12.6. The standard InChI is InChI=1S/C29H29N5O7S/c1-18(35)41-22-12-11-19(13-23(22)37-2)16-30-31-26(36)17-42-29-33-32-28(34(29)21-9-7-6-8-10-21)20-14-24(38-3)27(40-5)25(15-20)39-4/h6-16H,17H2,1-5H3,(H,31,36). The first-order valence-corrected chi connectivity index (χ1v) is 13.5. The summed E-state index contributed by atoms with van der Waals surface area (Å²) in [6.07, 6.45) is 1.46. The van der Waals surface area contributed by atoms with Crippen molar-refractivity contribution in [1.29, 1.82) is 0 Å². The molecule has 0 radical (unpaired) electrons. The Morgan fingerprint density at radius 2 is 1.57 bits per heavy atom. The molecule has 3 aromatic carbocycles. The third-order valence-electron chi connectivity index (χ3n) is 5.75. The van der Waals surface area contributed by atoms with Gasteiger partial charge in [-0.1, -0.05) is 30.0 Å². The topological polar surface area (TPSA) is 135 Å². The molecule has 42 heavy (non-hydrogen) atoms. The zero-order valence-electron chi connectivity index (χ0n) is 23.6. The predicted molar refractivity (Wildman–Crippen MR) is 157 cm³/mol. The molecule has 0 saturated carbocycles. The Labute approximate surface area is 246 Å². The lowest BCUT2D eigenvalue weighted by Crippen LogP contribution is -2.20. The number of thioether (sulfide) groups is 1. The SMILES string of the molecule is COc1cc(C=NNC(=O)CSc2nnc(-c3cc(OC)c(OC)c(OC)c3)n2-c2ccccc2)ccc1OC(C)=O. The van der Waals surface area contributed by atoms with Crippen molar-refractivity contribution in [3.05, 3.63) is 66.2 Å². The van der Waals surface area contributed by atoms with Crippen LogP contribution in [0.1, 0.15) is 12.5 Å². The van der Waals surface area contributed by atoms with E-state index in [1.54, 1.807) is 44.6 Å². The summed E-state index contributed by atoms with van der Waals surface area (Å²) in [6.45, 7) is 1.30. The first-order chi connectivity index (χ1) is 20.4.